The third kappa shape index (κ3) is 3.75. The highest BCUT2D eigenvalue weighted by Crippen LogP contribution is 2.23. The van der Waals surface area contributed by atoms with Gasteiger partial charge in [-0.2, -0.15) is 18.6 Å². The summed E-state index contributed by atoms with van der Waals surface area (Å²) in [5.74, 6) is -0.744. The maximum atomic E-state index is 12.8. The Labute approximate surface area is 127 Å². The van der Waals surface area contributed by atoms with Crippen molar-refractivity contribution in [2.24, 2.45) is 5.10 Å². The maximum absolute atomic E-state index is 12.8. The molecule has 0 bridgehead atoms. The lowest BCUT2D eigenvalue weighted by molar-refractivity contribution is -0.0499. The van der Waals surface area contributed by atoms with Gasteiger partial charge in [0.15, 0.2) is 0 Å². The largest absolute Gasteiger partial charge is 0.434 e. The Balaban J connectivity index is 2.35. The van der Waals surface area contributed by atoms with Gasteiger partial charge in [-0.3, -0.25) is 0 Å². The zero-order valence-electron chi connectivity index (χ0n) is 11.2. The van der Waals surface area contributed by atoms with Gasteiger partial charge in [-0.25, -0.2) is 8.78 Å². The molecule has 0 amide bonds. The summed E-state index contributed by atoms with van der Waals surface area (Å²) in [7, 11) is 0. The van der Waals surface area contributed by atoms with E-state index < -0.39 is 18.9 Å². The molecule has 0 N–H and O–H groups in total. The van der Waals surface area contributed by atoms with Gasteiger partial charge in [0.05, 0.1) is 6.21 Å². The topological polar surface area (TPSA) is 52.3 Å². The molecule has 0 unspecified atom stereocenters. The Bertz CT molecular complexity index is 662. The molecule has 0 aliphatic rings. The standard InChI is InChI=1S/C12H10F4N4OS/c1-22-12-19-18-10(9(13)14)20(12)17-6-7-4-2-3-5-8(7)21-11(15)16/h2-6,9,11H,1H3/b17-6-. The van der Waals surface area contributed by atoms with Crippen LogP contribution in [-0.4, -0.2) is 34.0 Å². The van der Waals surface area contributed by atoms with Crippen LogP contribution in [0.3, 0.4) is 0 Å². The van der Waals surface area contributed by atoms with Crippen molar-refractivity contribution in [2.45, 2.75) is 18.2 Å². The average molecular weight is 334 g/mol. The molecule has 0 aliphatic heterocycles. The predicted molar refractivity (Wildman–Crippen MR) is 72.8 cm³/mol. The second kappa shape index (κ2) is 7.25. The Kier molecular flexibility index (Phi) is 5.36. The van der Waals surface area contributed by atoms with Crippen LogP contribution in [0.15, 0.2) is 34.5 Å². The van der Waals surface area contributed by atoms with Gasteiger partial charge >= 0.3 is 6.61 Å². The molecule has 2 aromatic rings. The van der Waals surface area contributed by atoms with E-state index >= 15 is 0 Å². The zero-order valence-corrected chi connectivity index (χ0v) is 12.0. The van der Waals surface area contributed by atoms with E-state index in [4.69, 9.17) is 0 Å². The van der Waals surface area contributed by atoms with Crippen LogP contribution < -0.4 is 4.74 Å². The summed E-state index contributed by atoms with van der Waals surface area (Å²) >= 11 is 1.07. The number of benzene rings is 1. The van der Waals surface area contributed by atoms with Crippen molar-refractivity contribution in [1.82, 2.24) is 14.9 Å². The van der Waals surface area contributed by atoms with Crippen molar-refractivity contribution in [3.8, 4) is 5.75 Å². The molecule has 1 aromatic carbocycles. The third-order valence-corrected chi connectivity index (χ3v) is 3.08. The van der Waals surface area contributed by atoms with E-state index in [1.54, 1.807) is 12.3 Å². The molecule has 22 heavy (non-hydrogen) atoms. The Morgan fingerprint density at radius 1 is 1.23 bits per heavy atom. The van der Waals surface area contributed by atoms with Crippen LogP contribution in [0, 0.1) is 0 Å². The van der Waals surface area contributed by atoms with Gasteiger partial charge in [0.1, 0.15) is 5.75 Å². The lowest BCUT2D eigenvalue weighted by Crippen LogP contribution is -2.05. The van der Waals surface area contributed by atoms with E-state index in [0.29, 0.717) is 0 Å². The number of ether oxygens (including phenoxy) is 1. The molecule has 0 aliphatic carbocycles. The van der Waals surface area contributed by atoms with Crippen LogP contribution >= 0.6 is 11.8 Å². The molecule has 1 aromatic heterocycles. The first-order chi connectivity index (χ1) is 10.5. The van der Waals surface area contributed by atoms with Crippen molar-refractivity contribution >= 4 is 18.0 Å². The van der Waals surface area contributed by atoms with E-state index in [-0.39, 0.29) is 16.5 Å². The van der Waals surface area contributed by atoms with Crippen LogP contribution in [0.1, 0.15) is 17.8 Å². The van der Waals surface area contributed by atoms with Crippen molar-refractivity contribution < 1.29 is 22.3 Å². The summed E-state index contributed by atoms with van der Waals surface area (Å²) in [5, 5.41) is 10.9. The van der Waals surface area contributed by atoms with Crippen LogP contribution in [0.25, 0.3) is 0 Å². The molecule has 0 saturated carbocycles. The van der Waals surface area contributed by atoms with E-state index in [1.165, 1.54) is 18.2 Å². The summed E-state index contributed by atoms with van der Waals surface area (Å²) in [6.07, 6.45) is -0.107. The Morgan fingerprint density at radius 3 is 2.59 bits per heavy atom. The second-order valence-electron chi connectivity index (χ2n) is 3.82. The minimum absolute atomic E-state index is 0.112. The van der Waals surface area contributed by atoms with Gasteiger partial charge in [-0.1, -0.05) is 23.9 Å². The van der Waals surface area contributed by atoms with E-state index in [9.17, 15) is 17.6 Å². The van der Waals surface area contributed by atoms with E-state index in [2.05, 4.69) is 20.0 Å². The maximum Gasteiger partial charge on any atom is 0.387 e. The number of nitrogens with zero attached hydrogens (tertiary/aromatic N) is 4. The number of thioether (sulfide) groups is 1. The van der Waals surface area contributed by atoms with Gasteiger partial charge in [0.2, 0.25) is 11.0 Å². The predicted octanol–water partition coefficient (Wildman–Crippen LogP) is 3.42. The van der Waals surface area contributed by atoms with Gasteiger partial charge in [-0.15, -0.1) is 10.2 Å². The molecule has 0 radical (unpaired) electrons. The lowest BCUT2D eigenvalue weighted by Gasteiger charge is -2.07. The van der Waals surface area contributed by atoms with Crippen LogP contribution in [0.4, 0.5) is 17.6 Å². The number of hydrogen-bond acceptors (Lipinski definition) is 5. The second-order valence-corrected chi connectivity index (χ2v) is 4.59. The van der Waals surface area contributed by atoms with Crippen molar-refractivity contribution in [3.63, 3.8) is 0 Å². The molecule has 118 valence electrons. The van der Waals surface area contributed by atoms with Gasteiger partial charge in [0.25, 0.3) is 6.43 Å². The molecule has 0 atom stereocenters. The van der Waals surface area contributed by atoms with Crippen molar-refractivity contribution in [2.75, 3.05) is 6.26 Å². The molecule has 0 spiro atoms. The fourth-order valence-corrected chi connectivity index (χ4v) is 2.00. The minimum Gasteiger partial charge on any atom is -0.434 e. The average Bonchev–Trinajstić information content (AvgIpc) is 2.89. The summed E-state index contributed by atoms with van der Waals surface area (Å²) in [5.41, 5.74) is 0.212. The molecule has 5 nitrogen and oxygen atoms in total. The summed E-state index contributed by atoms with van der Waals surface area (Å²) in [4.78, 5) is 0. The van der Waals surface area contributed by atoms with Crippen molar-refractivity contribution in [3.05, 3.63) is 35.7 Å². The first kappa shape index (κ1) is 16.3. The van der Waals surface area contributed by atoms with Crippen LogP contribution in [0.5, 0.6) is 5.75 Å². The number of hydrogen-bond donors (Lipinski definition) is 0. The smallest absolute Gasteiger partial charge is 0.387 e. The summed E-state index contributed by atoms with van der Waals surface area (Å²) in [6.45, 7) is -3.00. The van der Waals surface area contributed by atoms with Gasteiger partial charge < -0.3 is 4.74 Å². The number of alkyl halides is 4. The minimum atomic E-state index is -3.00. The molecule has 10 heteroatoms. The highest BCUT2D eigenvalue weighted by molar-refractivity contribution is 7.98. The molecular formula is C12H10F4N4OS. The monoisotopic (exact) mass is 334 g/mol. The van der Waals surface area contributed by atoms with Crippen molar-refractivity contribution in [1.29, 1.82) is 0 Å². The first-order valence-electron chi connectivity index (χ1n) is 5.88. The normalized spacial score (nSPS) is 11.8. The number of rotatable bonds is 6. The third-order valence-electron chi connectivity index (χ3n) is 2.46. The SMILES string of the molecule is CSc1nnc(C(F)F)n1/N=C\c1ccccc1OC(F)F. The number of para-hydroxylation sites is 1. The first-order valence-corrected chi connectivity index (χ1v) is 7.11. The lowest BCUT2D eigenvalue weighted by atomic mass is 10.2. The van der Waals surface area contributed by atoms with E-state index in [1.807, 2.05) is 0 Å². The highest BCUT2D eigenvalue weighted by atomic mass is 32.2. The molecule has 0 fully saturated rings. The number of halogens is 4. The fraction of sp³-hybridized carbons (Fsp3) is 0.250. The van der Waals surface area contributed by atoms with Gasteiger partial charge in [0, 0.05) is 5.56 Å². The van der Waals surface area contributed by atoms with Gasteiger partial charge in [-0.05, 0) is 18.4 Å². The highest BCUT2D eigenvalue weighted by Gasteiger charge is 2.19. The molecule has 0 saturated heterocycles. The Hall–Kier alpha value is -2.10. The fourth-order valence-electron chi connectivity index (χ4n) is 1.56. The van der Waals surface area contributed by atoms with E-state index in [0.717, 1.165) is 22.7 Å². The Morgan fingerprint density at radius 2 is 1.95 bits per heavy atom. The zero-order chi connectivity index (χ0) is 16.1. The van der Waals surface area contributed by atoms with Crippen LogP contribution in [-0.2, 0) is 0 Å². The molecule has 1 heterocycles. The molecular weight excluding hydrogens is 324 g/mol. The molecule has 2 rings (SSSR count). The summed E-state index contributed by atoms with van der Waals surface area (Å²) in [6, 6.07) is 5.87. The number of aromatic nitrogens is 3. The van der Waals surface area contributed by atoms with Crippen LogP contribution in [0.2, 0.25) is 0 Å². The summed E-state index contributed by atoms with van der Waals surface area (Å²) < 4.78 is 55.5. The quantitative estimate of drug-likeness (QED) is 0.461.